The van der Waals surface area contributed by atoms with Crippen molar-refractivity contribution in [2.45, 2.75) is 0 Å². The van der Waals surface area contributed by atoms with Crippen LogP contribution in [0.2, 0.25) is 0 Å². The third kappa shape index (κ3) is 1.94. The van der Waals surface area contributed by atoms with Gasteiger partial charge in [0.1, 0.15) is 11.5 Å². The molecule has 1 aliphatic heterocycles. The Hall–Kier alpha value is -3.84. The van der Waals surface area contributed by atoms with Gasteiger partial charge in [0.15, 0.2) is 0 Å². The summed E-state index contributed by atoms with van der Waals surface area (Å²) in [5.74, 6) is 1.90. The van der Waals surface area contributed by atoms with Gasteiger partial charge in [-0.1, -0.05) is 84.9 Å². The van der Waals surface area contributed by atoms with Crippen LogP contribution in [0.25, 0.3) is 54.2 Å². The summed E-state index contributed by atoms with van der Waals surface area (Å²) in [6.07, 6.45) is 0. The number of hydrogen-bond acceptors (Lipinski definition) is 1. The highest BCUT2D eigenvalue weighted by molar-refractivity contribution is 6.27. The Bertz CT molecular complexity index is 1620. The van der Waals surface area contributed by atoms with E-state index in [1.54, 1.807) is 0 Å². The number of hydrogen-bond donors (Lipinski definition) is 0. The largest absolute Gasteiger partial charge is 0.456 e. The number of fused-ring (bicyclic) bond motifs is 1. The molecule has 7 rings (SSSR count). The van der Waals surface area contributed by atoms with Crippen LogP contribution < -0.4 is 4.74 Å². The fourth-order valence-corrected chi connectivity index (χ4v) is 4.96. The molecule has 134 valence electrons. The van der Waals surface area contributed by atoms with Crippen LogP contribution >= 0.6 is 0 Å². The monoisotopic (exact) mass is 368 g/mol. The van der Waals surface area contributed by atoms with E-state index < -0.39 is 0 Å². The summed E-state index contributed by atoms with van der Waals surface area (Å²) in [6, 6.07) is 34.7. The zero-order chi connectivity index (χ0) is 18.9. The number of ether oxygens (including phenoxy) is 1. The lowest BCUT2D eigenvalue weighted by Gasteiger charge is -2.22. The summed E-state index contributed by atoms with van der Waals surface area (Å²) in [7, 11) is 0. The normalized spacial score (nSPS) is 12.4. The molecule has 0 aliphatic carbocycles. The van der Waals surface area contributed by atoms with Crippen molar-refractivity contribution in [3.05, 3.63) is 97.1 Å². The van der Waals surface area contributed by atoms with Crippen LogP contribution in [-0.4, -0.2) is 0 Å². The van der Waals surface area contributed by atoms with Crippen LogP contribution in [0.15, 0.2) is 97.1 Å². The molecule has 0 spiro atoms. The first-order valence-corrected chi connectivity index (χ1v) is 9.96. The molecule has 0 fully saturated rings. The average Bonchev–Trinajstić information content (AvgIpc) is 2.78. The van der Waals surface area contributed by atoms with Gasteiger partial charge in [-0.2, -0.15) is 0 Å². The van der Waals surface area contributed by atoms with E-state index in [4.69, 9.17) is 4.74 Å². The zero-order valence-corrected chi connectivity index (χ0v) is 15.6. The van der Waals surface area contributed by atoms with Crippen LogP contribution in [0, 0.1) is 0 Å². The molecule has 0 unspecified atom stereocenters. The van der Waals surface area contributed by atoms with E-state index in [-0.39, 0.29) is 0 Å². The minimum Gasteiger partial charge on any atom is -0.456 e. The Morgan fingerprint density at radius 2 is 1.07 bits per heavy atom. The summed E-state index contributed by atoms with van der Waals surface area (Å²) in [5, 5.41) is 10.0. The van der Waals surface area contributed by atoms with Crippen molar-refractivity contribution in [2.75, 3.05) is 0 Å². The van der Waals surface area contributed by atoms with Gasteiger partial charge < -0.3 is 4.74 Å². The SMILES string of the molecule is c1ccc2c(-c3ccc4c5c3ccc3ccc6cccc(c6c35)O4)cccc2c1. The second kappa shape index (κ2) is 5.36. The van der Waals surface area contributed by atoms with Crippen molar-refractivity contribution in [1.29, 1.82) is 0 Å². The predicted octanol–water partition coefficient (Wildman–Crippen LogP) is 8.07. The van der Waals surface area contributed by atoms with E-state index in [1.807, 2.05) is 0 Å². The highest BCUT2D eigenvalue weighted by Gasteiger charge is 2.21. The average molecular weight is 368 g/mol. The molecular formula is C28H16O. The van der Waals surface area contributed by atoms with Crippen molar-refractivity contribution in [3.63, 3.8) is 0 Å². The Labute approximate surface area is 167 Å². The molecule has 0 saturated heterocycles. The highest BCUT2D eigenvalue weighted by Crippen LogP contribution is 2.49. The minimum atomic E-state index is 0.945. The maximum atomic E-state index is 6.36. The topological polar surface area (TPSA) is 9.23 Å². The lowest BCUT2D eigenvalue weighted by molar-refractivity contribution is 0.493. The molecule has 0 bridgehead atoms. The van der Waals surface area contributed by atoms with Gasteiger partial charge in [0, 0.05) is 16.2 Å². The Kier molecular flexibility index (Phi) is 2.80. The van der Waals surface area contributed by atoms with Crippen molar-refractivity contribution in [3.8, 4) is 22.6 Å². The van der Waals surface area contributed by atoms with Crippen molar-refractivity contribution >= 4 is 43.1 Å². The van der Waals surface area contributed by atoms with Crippen LogP contribution in [0.4, 0.5) is 0 Å². The van der Waals surface area contributed by atoms with Gasteiger partial charge in [-0.25, -0.2) is 0 Å². The molecule has 0 saturated carbocycles. The fourth-order valence-electron chi connectivity index (χ4n) is 4.96. The summed E-state index contributed by atoms with van der Waals surface area (Å²) in [5.41, 5.74) is 2.52. The van der Waals surface area contributed by atoms with Gasteiger partial charge in [0.05, 0.1) is 0 Å². The van der Waals surface area contributed by atoms with Gasteiger partial charge in [-0.3, -0.25) is 0 Å². The molecule has 6 aromatic carbocycles. The zero-order valence-electron chi connectivity index (χ0n) is 15.6. The minimum absolute atomic E-state index is 0.945. The first-order valence-electron chi connectivity index (χ1n) is 9.96. The summed E-state index contributed by atoms with van der Waals surface area (Å²) >= 11 is 0. The summed E-state index contributed by atoms with van der Waals surface area (Å²) in [6.45, 7) is 0. The summed E-state index contributed by atoms with van der Waals surface area (Å²) < 4.78 is 6.36. The molecule has 0 radical (unpaired) electrons. The van der Waals surface area contributed by atoms with Crippen LogP contribution in [-0.2, 0) is 0 Å². The van der Waals surface area contributed by atoms with Crippen LogP contribution in [0.5, 0.6) is 11.5 Å². The molecule has 1 aliphatic rings. The molecule has 0 atom stereocenters. The van der Waals surface area contributed by atoms with Gasteiger partial charge in [-0.05, 0) is 50.2 Å². The molecule has 0 N–H and O–H groups in total. The van der Waals surface area contributed by atoms with Gasteiger partial charge in [0.2, 0.25) is 0 Å². The smallest absolute Gasteiger partial charge is 0.135 e. The molecule has 1 heteroatoms. The predicted molar refractivity (Wildman–Crippen MR) is 122 cm³/mol. The van der Waals surface area contributed by atoms with E-state index in [1.165, 1.54) is 54.2 Å². The maximum absolute atomic E-state index is 6.36. The number of benzene rings is 6. The lowest BCUT2D eigenvalue weighted by atomic mass is 9.89. The third-order valence-electron chi connectivity index (χ3n) is 6.23. The van der Waals surface area contributed by atoms with E-state index >= 15 is 0 Å². The fraction of sp³-hybridized carbons (Fsp3) is 0. The first-order chi connectivity index (χ1) is 14.4. The third-order valence-corrected chi connectivity index (χ3v) is 6.23. The summed E-state index contributed by atoms with van der Waals surface area (Å²) in [4.78, 5) is 0. The molecule has 6 aromatic rings. The second-order valence-electron chi connectivity index (χ2n) is 7.75. The molecule has 0 aromatic heterocycles. The maximum Gasteiger partial charge on any atom is 0.135 e. The van der Waals surface area contributed by atoms with E-state index in [0.717, 1.165) is 11.5 Å². The number of rotatable bonds is 1. The Balaban J connectivity index is 1.70. The molecule has 0 amide bonds. The van der Waals surface area contributed by atoms with Crippen molar-refractivity contribution in [2.24, 2.45) is 0 Å². The van der Waals surface area contributed by atoms with E-state index in [2.05, 4.69) is 97.1 Å². The van der Waals surface area contributed by atoms with Gasteiger partial charge >= 0.3 is 0 Å². The van der Waals surface area contributed by atoms with Gasteiger partial charge in [-0.15, -0.1) is 0 Å². The quantitative estimate of drug-likeness (QED) is 0.266. The Morgan fingerprint density at radius 3 is 2.03 bits per heavy atom. The lowest BCUT2D eigenvalue weighted by Crippen LogP contribution is -1.96. The van der Waals surface area contributed by atoms with Crippen LogP contribution in [0.3, 0.4) is 0 Å². The molecule has 29 heavy (non-hydrogen) atoms. The van der Waals surface area contributed by atoms with E-state index in [9.17, 15) is 0 Å². The highest BCUT2D eigenvalue weighted by atomic mass is 16.5. The van der Waals surface area contributed by atoms with Crippen molar-refractivity contribution < 1.29 is 4.74 Å². The molecule has 1 nitrogen and oxygen atoms in total. The molecule has 1 heterocycles. The van der Waals surface area contributed by atoms with E-state index in [0.29, 0.717) is 0 Å². The van der Waals surface area contributed by atoms with Crippen molar-refractivity contribution in [1.82, 2.24) is 0 Å². The first kappa shape index (κ1) is 15.1. The standard InChI is InChI=1S/C28H16O/c1-2-8-20-17(5-1)6-3-9-21(20)22-15-16-25-28-23(22)14-13-19-12-11-18-7-4-10-24(29-25)26(18)27(19)28/h1-16H. The van der Waals surface area contributed by atoms with Crippen LogP contribution in [0.1, 0.15) is 0 Å². The second-order valence-corrected chi connectivity index (χ2v) is 7.75. The molecular weight excluding hydrogens is 352 g/mol. The Morgan fingerprint density at radius 1 is 0.379 bits per heavy atom. The van der Waals surface area contributed by atoms with Gasteiger partial charge in [0.25, 0.3) is 0 Å².